The molecular weight excluding hydrogens is 396 g/mol. The number of hydrogen-bond acceptors (Lipinski definition) is 7. The Kier molecular flexibility index (Phi) is 5.41. The van der Waals surface area contributed by atoms with Crippen molar-refractivity contribution < 1.29 is 14.3 Å². The van der Waals surface area contributed by atoms with E-state index in [9.17, 15) is 4.79 Å². The Morgan fingerprint density at radius 3 is 2.77 bits per heavy atom. The topological polar surface area (TPSA) is 107 Å². The van der Waals surface area contributed by atoms with Gasteiger partial charge in [0.25, 0.3) is 5.91 Å². The van der Waals surface area contributed by atoms with Crippen LogP contribution in [-0.4, -0.2) is 53.1 Å². The zero-order valence-corrected chi connectivity index (χ0v) is 18.0. The molecule has 0 fully saturated rings. The number of carbonyl (C=O) groups is 1. The Labute approximate surface area is 180 Å². The summed E-state index contributed by atoms with van der Waals surface area (Å²) >= 11 is 0. The van der Waals surface area contributed by atoms with Crippen molar-refractivity contribution in [3.63, 3.8) is 0 Å². The molecule has 0 aliphatic carbocycles. The van der Waals surface area contributed by atoms with Crippen LogP contribution < -0.4 is 20.5 Å². The van der Waals surface area contributed by atoms with E-state index in [1.165, 1.54) is 4.90 Å². The Morgan fingerprint density at radius 1 is 1.26 bits per heavy atom. The van der Waals surface area contributed by atoms with Crippen molar-refractivity contribution >= 4 is 28.8 Å². The number of rotatable bonds is 6. The molecule has 2 heterocycles. The number of imidazole rings is 1. The van der Waals surface area contributed by atoms with Gasteiger partial charge in [0.2, 0.25) is 5.95 Å². The molecule has 9 heteroatoms. The molecule has 9 nitrogen and oxygen atoms in total. The SMILES string of the molecule is CCOc1cc([C@@H]2N=C(N)Nc3nc4ccccc4n32)ccc1O[C@@H](C)C(=O)N(C)C. The lowest BCUT2D eigenvalue weighted by atomic mass is 10.1. The molecule has 4 rings (SSSR count). The number of carbonyl (C=O) groups excluding carboxylic acids is 1. The summed E-state index contributed by atoms with van der Waals surface area (Å²) in [7, 11) is 3.39. The standard InChI is InChI=1S/C22H26N6O3/c1-5-30-18-12-14(10-11-17(18)31-13(2)20(29)27(3)4)19-25-21(23)26-22-24-15-8-6-7-9-16(15)28(19)22/h6-13,19H,5H2,1-4H3,(H3,23,24,25,26)/t13-,19+/m0/s1. The van der Waals surface area contributed by atoms with Crippen LogP contribution in [0.2, 0.25) is 0 Å². The Balaban J connectivity index is 1.74. The van der Waals surface area contributed by atoms with E-state index in [-0.39, 0.29) is 11.9 Å². The number of amides is 1. The lowest BCUT2D eigenvalue weighted by molar-refractivity contribution is -0.135. The Bertz CT molecular complexity index is 1150. The largest absolute Gasteiger partial charge is 0.490 e. The number of aromatic nitrogens is 2. The number of nitrogens with two attached hydrogens (primary N) is 1. The second-order valence-corrected chi connectivity index (χ2v) is 7.44. The first-order valence-corrected chi connectivity index (χ1v) is 10.1. The molecule has 0 unspecified atom stereocenters. The minimum absolute atomic E-state index is 0.128. The Morgan fingerprint density at radius 2 is 2.03 bits per heavy atom. The number of hydrogen-bond donors (Lipinski definition) is 2. The highest BCUT2D eigenvalue weighted by Gasteiger charge is 2.26. The first kappa shape index (κ1) is 20.5. The summed E-state index contributed by atoms with van der Waals surface area (Å²) in [5.74, 6) is 1.82. The zero-order valence-electron chi connectivity index (χ0n) is 18.0. The van der Waals surface area contributed by atoms with Gasteiger partial charge in [-0.3, -0.25) is 14.7 Å². The number of ether oxygens (including phenoxy) is 2. The molecule has 0 bridgehead atoms. The van der Waals surface area contributed by atoms with E-state index >= 15 is 0 Å². The number of para-hydroxylation sites is 2. The average molecular weight is 422 g/mol. The number of likely N-dealkylation sites (N-methyl/N-ethyl adjacent to an activating group) is 1. The number of guanidine groups is 1. The molecule has 0 spiro atoms. The molecular formula is C22H26N6O3. The summed E-state index contributed by atoms with van der Waals surface area (Å²) in [6.07, 6.45) is -1.06. The number of nitrogens with one attached hydrogen (secondary N) is 1. The van der Waals surface area contributed by atoms with Crippen LogP contribution in [-0.2, 0) is 4.79 Å². The molecule has 0 saturated heterocycles. The van der Waals surface area contributed by atoms with Gasteiger partial charge in [-0.15, -0.1) is 0 Å². The highest BCUT2D eigenvalue weighted by molar-refractivity contribution is 5.94. The zero-order chi connectivity index (χ0) is 22.1. The van der Waals surface area contributed by atoms with Crippen LogP contribution in [0.1, 0.15) is 25.6 Å². The van der Waals surface area contributed by atoms with Crippen LogP contribution >= 0.6 is 0 Å². The normalized spacial score (nSPS) is 16.1. The molecule has 2 aromatic carbocycles. The molecule has 1 aliphatic heterocycles. The van der Waals surface area contributed by atoms with Gasteiger partial charge in [0.15, 0.2) is 29.7 Å². The van der Waals surface area contributed by atoms with Gasteiger partial charge in [-0.05, 0) is 38.1 Å². The quantitative estimate of drug-likeness (QED) is 0.632. The van der Waals surface area contributed by atoms with Crippen LogP contribution in [0, 0.1) is 0 Å². The van der Waals surface area contributed by atoms with Gasteiger partial charge in [-0.25, -0.2) is 9.98 Å². The fraction of sp³-hybridized carbons (Fsp3) is 0.318. The van der Waals surface area contributed by atoms with E-state index in [1.807, 2.05) is 47.9 Å². The van der Waals surface area contributed by atoms with Crippen molar-refractivity contribution in [1.29, 1.82) is 0 Å². The highest BCUT2D eigenvalue weighted by Crippen LogP contribution is 2.37. The number of anilines is 1. The van der Waals surface area contributed by atoms with E-state index in [0.717, 1.165) is 16.6 Å². The van der Waals surface area contributed by atoms with Gasteiger partial charge in [0.05, 0.1) is 17.6 Å². The maximum Gasteiger partial charge on any atom is 0.262 e. The third kappa shape index (κ3) is 3.86. The molecule has 3 N–H and O–H groups in total. The average Bonchev–Trinajstić information content (AvgIpc) is 3.11. The molecule has 1 aromatic heterocycles. The summed E-state index contributed by atoms with van der Waals surface area (Å²) in [5.41, 5.74) is 8.69. The predicted molar refractivity (Wildman–Crippen MR) is 120 cm³/mol. The maximum absolute atomic E-state index is 12.2. The molecule has 2 atom stereocenters. The maximum atomic E-state index is 12.2. The minimum Gasteiger partial charge on any atom is -0.490 e. The fourth-order valence-corrected chi connectivity index (χ4v) is 3.60. The minimum atomic E-state index is -0.642. The summed E-state index contributed by atoms with van der Waals surface area (Å²) in [5, 5.41) is 3.03. The van der Waals surface area contributed by atoms with Gasteiger partial charge in [0.1, 0.15) is 0 Å². The van der Waals surface area contributed by atoms with Gasteiger partial charge in [-0.1, -0.05) is 18.2 Å². The second kappa shape index (κ2) is 8.17. The van der Waals surface area contributed by atoms with E-state index in [0.29, 0.717) is 24.1 Å². The Hall–Kier alpha value is -3.75. The molecule has 31 heavy (non-hydrogen) atoms. The van der Waals surface area contributed by atoms with Crippen molar-refractivity contribution in [2.75, 3.05) is 26.0 Å². The van der Waals surface area contributed by atoms with E-state index < -0.39 is 12.3 Å². The van der Waals surface area contributed by atoms with E-state index in [1.54, 1.807) is 27.1 Å². The number of benzene rings is 2. The number of nitrogens with zero attached hydrogens (tertiary/aromatic N) is 4. The monoisotopic (exact) mass is 422 g/mol. The lowest BCUT2D eigenvalue weighted by Crippen LogP contribution is -2.35. The second-order valence-electron chi connectivity index (χ2n) is 7.44. The molecule has 0 saturated carbocycles. The van der Waals surface area contributed by atoms with Crippen LogP contribution in [0.25, 0.3) is 11.0 Å². The van der Waals surface area contributed by atoms with Crippen molar-refractivity contribution in [2.45, 2.75) is 26.1 Å². The fourth-order valence-electron chi connectivity index (χ4n) is 3.60. The summed E-state index contributed by atoms with van der Waals surface area (Å²) in [6, 6.07) is 13.4. The number of fused-ring (bicyclic) bond motifs is 3. The van der Waals surface area contributed by atoms with Crippen LogP contribution in [0.15, 0.2) is 47.5 Å². The highest BCUT2D eigenvalue weighted by atomic mass is 16.5. The predicted octanol–water partition coefficient (Wildman–Crippen LogP) is 2.58. The third-order valence-corrected chi connectivity index (χ3v) is 5.00. The molecule has 0 radical (unpaired) electrons. The van der Waals surface area contributed by atoms with Crippen molar-refractivity contribution in [3.8, 4) is 11.5 Å². The summed E-state index contributed by atoms with van der Waals surface area (Å²) < 4.78 is 13.7. The van der Waals surface area contributed by atoms with Gasteiger partial charge < -0.3 is 20.1 Å². The van der Waals surface area contributed by atoms with Crippen molar-refractivity contribution in [3.05, 3.63) is 48.0 Å². The van der Waals surface area contributed by atoms with Crippen LogP contribution in [0.3, 0.4) is 0 Å². The van der Waals surface area contributed by atoms with Gasteiger partial charge >= 0.3 is 0 Å². The first-order chi connectivity index (χ1) is 14.9. The third-order valence-electron chi connectivity index (χ3n) is 5.00. The molecule has 1 amide bonds. The van der Waals surface area contributed by atoms with E-state index in [4.69, 9.17) is 15.2 Å². The van der Waals surface area contributed by atoms with Crippen molar-refractivity contribution in [1.82, 2.24) is 14.5 Å². The van der Waals surface area contributed by atoms with Gasteiger partial charge in [-0.2, -0.15) is 0 Å². The first-order valence-electron chi connectivity index (χ1n) is 10.1. The van der Waals surface area contributed by atoms with Crippen LogP contribution in [0.5, 0.6) is 11.5 Å². The molecule has 1 aliphatic rings. The molecule has 3 aromatic rings. The van der Waals surface area contributed by atoms with Gasteiger partial charge in [0, 0.05) is 19.7 Å². The molecule has 162 valence electrons. The summed E-state index contributed by atoms with van der Waals surface area (Å²) in [6.45, 7) is 4.06. The van der Waals surface area contributed by atoms with Crippen molar-refractivity contribution in [2.24, 2.45) is 10.7 Å². The number of aliphatic imine (C=N–C) groups is 1. The smallest absolute Gasteiger partial charge is 0.262 e. The van der Waals surface area contributed by atoms with E-state index in [2.05, 4.69) is 15.3 Å². The summed E-state index contributed by atoms with van der Waals surface area (Å²) in [4.78, 5) is 22.9. The lowest BCUT2D eigenvalue weighted by Gasteiger charge is -2.25. The van der Waals surface area contributed by atoms with Crippen LogP contribution in [0.4, 0.5) is 5.95 Å².